The molecule has 27 heavy (non-hydrogen) atoms. The third kappa shape index (κ3) is 4.05. The second kappa shape index (κ2) is 7.42. The van der Waals surface area contributed by atoms with Crippen LogP contribution >= 0.6 is 0 Å². The maximum Gasteiger partial charge on any atom is 0.274 e. The van der Waals surface area contributed by atoms with Crippen LogP contribution in [0.2, 0.25) is 0 Å². The molecule has 1 unspecified atom stereocenters. The molecule has 1 saturated carbocycles. The lowest BCUT2D eigenvalue weighted by Crippen LogP contribution is -2.39. The van der Waals surface area contributed by atoms with Gasteiger partial charge in [-0.2, -0.15) is 10.1 Å². The first-order valence-corrected chi connectivity index (χ1v) is 9.90. The molecule has 2 aromatic rings. The molecular weight excluding hydrogens is 344 g/mol. The van der Waals surface area contributed by atoms with E-state index >= 15 is 0 Å². The number of hydrogen-bond acceptors (Lipinski definition) is 6. The Bertz CT molecular complexity index is 794. The second-order valence-electron chi connectivity index (χ2n) is 8.17. The van der Waals surface area contributed by atoms with Crippen LogP contribution in [0.25, 0.3) is 0 Å². The number of carbonyl (C=O) groups excluding carboxylic acids is 1. The molecule has 1 atom stereocenters. The van der Waals surface area contributed by atoms with Gasteiger partial charge < -0.3 is 9.42 Å². The van der Waals surface area contributed by atoms with Gasteiger partial charge in [-0.05, 0) is 38.2 Å². The summed E-state index contributed by atoms with van der Waals surface area (Å²) < 4.78 is 5.49. The van der Waals surface area contributed by atoms with Crippen LogP contribution in [0.1, 0.15) is 73.0 Å². The molecule has 8 heteroatoms. The summed E-state index contributed by atoms with van der Waals surface area (Å²) in [7, 11) is 0. The van der Waals surface area contributed by atoms with Crippen LogP contribution in [0.4, 0.5) is 0 Å². The Morgan fingerprint density at radius 1 is 1.37 bits per heavy atom. The van der Waals surface area contributed by atoms with Crippen molar-refractivity contribution in [2.45, 2.75) is 52.0 Å². The normalized spacial score (nSPS) is 21.6. The molecule has 2 aliphatic rings. The number of nitrogens with zero attached hydrogens (tertiary/aromatic N) is 5. The van der Waals surface area contributed by atoms with Gasteiger partial charge in [0.15, 0.2) is 5.82 Å². The summed E-state index contributed by atoms with van der Waals surface area (Å²) in [5, 5.41) is 11.3. The molecule has 2 fully saturated rings. The summed E-state index contributed by atoms with van der Waals surface area (Å²) in [5.74, 6) is 2.27. The molecule has 1 saturated heterocycles. The van der Waals surface area contributed by atoms with Gasteiger partial charge in [0.05, 0.1) is 0 Å². The highest BCUT2D eigenvalue weighted by molar-refractivity contribution is 5.92. The second-order valence-corrected chi connectivity index (χ2v) is 8.17. The third-order valence-corrected chi connectivity index (χ3v) is 5.26. The summed E-state index contributed by atoms with van der Waals surface area (Å²) >= 11 is 0. The largest absolute Gasteiger partial charge is 0.338 e. The molecule has 8 nitrogen and oxygen atoms in total. The molecule has 1 aliphatic carbocycles. The molecule has 0 spiro atoms. The van der Waals surface area contributed by atoms with Crippen molar-refractivity contribution < 1.29 is 9.32 Å². The number of H-pyrrole nitrogens is 1. The SMILES string of the molecule is Cc1noc(C2CN(C(=O)c3cc(C4CC4)[nH]n3)CCCN2CC(C)C)n1. The predicted molar refractivity (Wildman–Crippen MR) is 99.3 cm³/mol. The van der Waals surface area contributed by atoms with Gasteiger partial charge in [0, 0.05) is 37.8 Å². The standard InChI is InChI=1S/C19H28N6O2/c1-12(2)10-24-7-4-8-25(11-17(24)18-20-13(3)23-27-18)19(26)16-9-15(21-22-16)14-5-6-14/h9,12,14,17H,4-8,10-11H2,1-3H3,(H,21,22). The van der Waals surface area contributed by atoms with E-state index in [4.69, 9.17) is 4.52 Å². The van der Waals surface area contributed by atoms with Crippen LogP contribution in [0.5, 0.6) is 0 Å². The van der Waals surface area contributed by atoms with E-state index in [1.54, 1.807) is 0 Å². The Kier molecular flexibility index (Phi) is 4.99. The lowest BCUT2D eigenvalue weighted by Gasteiger charge is -2.30. The highest BCUT2D eigenvalue weighted by Gasteiger charge is 2.34. The van der Waals surface area contributed by atoms with Crippen molar-refractivity contribution in [3.63, 3.8) is 0 Å². The predicted octanol–water partition coefficient (Wildman–Crippen LogP) is 2.52. The van der Waals surface area contributed by atoms with Crippen molar-refractivity contribution >= 4 is 5.91 Å². The van der Waals surface area contributed by atoms with Gasteiger partial charge >= 0.3 is 0 Å². The van der Waals surface area contributed by atoms with Crippen molar-refractivity contribution in [3.05, 3.63) is 29.2 Å². The molecular formula is C19H28N6O2. The number of aryl methyl sites for hydroxylation is 1. The summed E-state index contributed by atoms with van der Waals surface area (Å²) in [6.07, 6.45) is 3.28. The van der Waals surface area contributed by atoms with Gasteiger partial charge in [-0.25, -0.2) is 0 Å². The monoisotopic (exact) mass is 372 g/mol. The topological polar surface area (TPSA) is 91.2 Å². The Balaban J connectivity index is 1.55. The lowest BCUT2D eigenvalue weighted by molar-refractivity contribution is 0.0703. The van der Waals surface area contributed by atoms with Crippen molar-refractivity contribution in [1.82, 2.24) is 30.1 Å². The smallest absolute Gasteiger partial charge is 0.274 e. The van der Waals surface area contributed by atoms with Crippen LogP contribution < -0.4 is 0 Å². The Hall–Kier alpha value is -2.22. The van der Waals surface area contributed by atoms with Crippen molar-refractivity contribution in [1.29, 1.82) is 0 Å². The summed E-state index contributed by atoms with van der Waals surface area (Å²) in [6.45, 7) is 9.31. The van der Waals surface area contributed by atoms with Gasteiger partial charge in [0.2, 0.25) is 5.89 Å². The number of aromatic nitrogens is 4. The van der Waals surface area contributed by atoms with E-state index in [0.717, 1.165) is 25.2 Å². The van der Waals surface area contributed by atoms with E-state index in [-0.39, 0.29) is 11.9 Å². The zero-order chi connectivity index (χ0) is 19.0. The first kappa shape index (κ1) is 18.2. The van der Waals surface area contributed by atoms with Gasteiger partial charge in [0.1, 0.15) is 11.7 Å². The molecule has 1 N–H and O–H groups in total. The first-order valence-electron chi connectivity index (χ1n) is 9.90. The van der Waals surface area contributed by atoms with Crippen LogP contribution in [0.15, 0.2) is 10.6 Å². The summed E-state index contributed by atoms with van der Waals surface area (Å²) in [5.41, 5.74) is 1.59. The average molecular weight is 372 g/mol. The van der Waals surface area contributed by atoms with E-state index in [9.17, 15) is 4.79 Å². The van der Waals surface area contributed by atoms with Crippen LogP contribution in [-0.2, 0) is 0 Å². The van der Waals surface area contributed by atoms with E-state index in [1.165, 1.54) is 12.8 Å². The van der Waals surface area contributed by atoms with Gasteiger partial charge in [0.25, 0.3) is 5.91 Å². The summed E-state index contributed by atoms with van der Waals surface area (Å²) in [4.78, 5) is 21.8. The van der Waals surface area contributed by atoms with Gasteiger partial charge in [-0.3, -0.25) is 14.8 Å². The maximum atomic E-state index is 13.1. The zero-order valence-corrected chi connectivity index (χ0v) is 16.3. The number of carbonyl (C=O) groups is 1. The van der Waals surface area contributed by atoms with Crippen molar-refractivity contribution in [2.24, 2.45) is 5.92 Å². The van der Waals surface area contributed by atoms with E-state index in [2.05, 4.69) is 39.1 Å². The van der Waals surface area contributed by atoms with E-state index < -0.39 is 0 Å². The van der Waals surface area contributed by atoms with Crippen LogP contribution in [-0.4, -0.2) is 62.2 Å². The van der Waals surface area contributed by atoms with Crippen molar-refractivity contribution in [3.8, 4) is 0 Å². The summed E-state index contributed by atoms with van der Waals surface area (Å²) in [6, 6.07) is 1.84. The minimum Gasteiger partial charge on any atom is -0.338 e. The molecule has 146 valence electrons. The fourth-order valence-electron chi connectivity index (χ4n) is 3.80. The molecule has 0 aromatic carbocycles. The molecule has 0 bridgehead atoms. The molecule has 3 heterocycles. The van der Waals surface area contributed by atoms with E-state index in [0.29, 0.717) is 42.3 Å². The zero-order valence-electron chi connectivity index (χ0n) is 16.3. The van der Waals surface area contributed by atoms with Gasteiger partial charge in [-0.15, -0.1) is 0 Å². The number of nitrogens with one attached hydrogen (secondary N) is 1. The number of amides is 1. The first-order chi connectivity index (χ1) is 13.0. The minimum atomic E-state index is -0.0816. The fraction of sp³-hybridized carbons (Fsp3) is 0.684. The number of rotatable bonds is 5. The maximum absolute atomic E-state index is 13.1. The van der Waals surface area contributed by atoms with E-state index in [1.807, 2.05) is 17.9 Å². The Morgan fingerprint density at radius 2 is 2.19 bits per heavy atom. The third-order valence-electron chi connectivity index (χ3n) is 5.26. The quantitative estimate of drug-likeness (QED) is 0.867. The van der Waals surface area contributed by atoms with Crippen LogP contribution in [0, 0.1) is 12.8 Å². The molecule has 1 aliphatic heterocycles. The number of aromatic amines is 1. The Morgan fingerprint density at radius 3 is 2.85 bits per heavy atom. The van der Waals surface area contributed by atoms with Crippen molar-refractivity contribution in [2.75, 3.05) is 26.2 Å². The molecule has 1 amide bonds. The Labute approximate surface area is 159 Å². The van der Waals surface area contributed by atoms with Gasteiger partial charge in [-0.1, -0.05) is 19.0 Å². The average Bonchev–Trinajstić information content (AvgIpc) is 3.27. The highest BCUT2D eigenvalue weighted by atomic mass is 16.5. The number of hydrogen-bond donors (Lipinski definition) is 1. The minimum absolute atomic E-state index is 0.0224. The molecule has 4 rings (SSSR count). The molecule has 0 radical (unpaired) electrons. The highest BCUT2D eigenvalue weighted by Crippen LogP contribution is 2.39. The lowest BCUT2D eigenvalue weighted by atomic mass is 10.1. The fourth-order valence-corrected chi connectivity index (χ4v) is 3.80. The molecule has 2 aromatic heterocycles. The van der Waals surface area contributed by atoms with Crippen LogP contribution in [0.3, 0.4) is 0 Å².